The summed E-state index contributed by atoms with van der Waals surface area (Å²) in [5.41, 5.74) is 7.65. The normalized spacial score (nSPS) is 15.0. The van der Waals surface area contributed by atoms with Gasteiger partial charge >= 0.3 is 0 Å². The number of hydrogen-bond acceptors (Lipinski definition) is 4. The topological polar surface area (TPSA) is 68.2 Å². The predicted octanol–water partition coefficient (Wildman–Crippen LogP) is 1.82. The SMILES string of the molecule is Cc1ccc2nc(NC(C)(CN)C(C)C)nn2c1. The molecule has 0 aromatic carbocycles. The third-order valence-electron chi connectivity index (χ3n) is 3.57. The van der Waals surface area contributed by atoms with E-state index in [1.54, 1.807) is 4.52 Å². The van der Waals surface area contributed by atoms with Crippen LogP contribution in [0.25, 0.3) is 5.65 Å². The summed E-state index contributed by atoms with van der Waals surface area (Å²) in [6.45, 7) is 8.94. The summed E-state index contributed by atoms with van der Waals surface area (Å²) in [7, 11) is 0. The van der Waals surface area contributed by atoms with Crippen LogP contribution in [0.2, 0.25) is 0 Å². The van der Waals surface area contributed by atoms with Crippen molar-refractivity contribution in [2.45, 2.75) is 33.2 Å². The van der Waals surface area contributed by atoms with Crippen molar-refractivity contribution in [2.24, 2.45) is 11.7 Å². The molecule has 5 heteroatoms. The molecule has 0 bridgehead atoms. The first-order valence-electron chi connectivity index (χ1n) is 6.26. The minimum Gasteiger partial charge on any atom is -0.346 e. The second-order valence-electron chi connectivity index (χ2n) is 5.35. The van der Waals surface area contributed by atoms with Gasteiger partial charge in [0.25, 0.3) is 0 Å². The summed E-state index contributed by atoms with van der Waals surface area (Å²) in [5.74, 6) is 1.03. The van der Waals surface area contributed by atoms with E-state index in [1.165, 1.54) is 0 Å². The van der Waals surface area contributed by atoms with Gasteiger partial charge in [0, 0.05) is 12.7 Å². The van der Waals surface area contributed by atoms with Crippen LogP contribution in [0.1, 0.15) is 26.3 Å². The molecule has 0 saturated carbocycles. The van der Waals surface area contributed by atoms with E-state index in [0.29, 0.717) is 18.4 Å². The molecule has 0 aliphatic rings. The van der Waals surface area contributed by atoms with E-state index in [9.17, 15) is 0 Å². The molecule has 2 rings (SSSR count). The molecule has 3 N–H and O–H groups in total. The number of nitrogens with two attached hydrogens (primary N) is 1. The lowest BCUT2D eigenvalue weighted by Crippen LogP contribution is -2.47. The van der Waals surface area contributed by atoms with Crippen LogP contribution in [0, 0.1) is 12.8 Å². The standard InChI is InChI=1S/C13H21N5/c1-9(2)13(4,8-14)16-12-15-11-6-5-10(3)7-18(11)17-12/h5-7,9H,8,14H2,1-4H3,(H,16,17). The Hall–Kier alpha value is -1.62. The van der Waals surface area contributed by atoms with Crippen LogP contribution < -0.4 is 11.1 Å². The van der Waals surface area contributed by atoms with Crippen LogP contribution in [0.5, 0.6) is 0 Å². The summed E-state index contributed by atoms with van der Waals surface area (Å²) in [6.07, 6.45) is 1.96. The molecular formula is C13H21N5. The van der Waals surface area contributed by atoms with Gasteiger partial charge in [-0.1, -0.05) is 19.9 Å². The average molecular weight is 247 g/mol. The molecule has 98 valence electrons. The van der Waals surface area contributed by atoms with E-state index in [4.69, 9.17) is 5.73 Å². The molecule has 0 spiro atoms. The molecule has 1 unspecified atom stereocenters. The highest BCUT2D eigenvalue weighted by Gasteiger charge is 2.27. The zero-order chi connectivity index (χ0) is 13.3. The van der Waals surface area contributed by atoms with Gasteiger partial charge in [-0.15, -0.1) is 5.10 Å². The van der Waals surface area contributed by atoms with Crippen molar-refractivity contribution in [3.8, 4) is 0 Å². The van der Waals surface area contributed by atoms with Gasteiger partial charge in [-0.25, -0.2) is 4.52 Å². The Bertz CT molecular complexity index is 545. The molecule has 0 radical (unpaired) electrons. The highest BCUT2D eigenvalue weighted by atomic mass is 15.4. The maximum Gasteiger partial charge on any atom is 0.243 e. The summed E-state index contributed by atoms with van der Waals surface area (Å²) in [6, 6.07) is 3.99. The molecule has 0 amide bonds. The Kier molecular flexibility index (Phi) is 3.26. The molecule has 2 aromatic heterocycles. The maximum atomic E-state index is 5.85. The Morgan fingerprint density at radius 2 is 2.17 bits per heavy atom. The van der Waals surface area contributed by atoms with Crippen LogP contribution >= 0.6 is 0 Å². The van der Waals surface area contributed by atoms with Gasteiger partial charge in [0.05, 0.1) is 5.54 Å². The third kappa shape index (κ3) is 2.31. The quantitative estimate of drug-likeness (QED) is 0.864. The molecule has 1 atom stereocenters. The van der Waals surface area contributed by atoms with Crippen LogP contribution in [0.3, 0.4) is 0 Å². The third-order valence-corrected chi connectivity index (χ3v) is 3.57. The molecule has 2 heterocycles. The molecule has 18 heavy (non-hydrogen) atoms. The minimum absolute atomic E-state index is 0.194. The van der Waals surface area contributed by atoms with Gasteiger partial charge in [0.2, 0.25) is 5.95 Å². The van der Waals surface area contributed by atoms with Gasteiger partial charge in [0.15, 0.2) is 5.65 Å². The highest BCUT2D eigenvalue weighted by Crippen LogP contribution is 2.20. The first-order valence-corrected chi connectivity index (χ1v) is 6.26. The highest BCUT2D eigenvalue weighted by molar-refractivity contribution is 5.45. The van der Waals surface area contributed by atoms with Crippen LogP contribution in [0.4, 0.5) is 5.95 Å². The number of aryl methyl sites for hydroxylation is 1. The van der Waals surface area contributed by atoms with Crippen molar-refractivity contribution in [1.29, 1.82) is 0 Å². The van der Waals surface area contributed by atoms with Crippen molar-refractivity contribution in [1.82, 2.24) is 14.6 Å². The fourth-order valence-corrected chi connectivity index (χ4v) is 1.73. The van der Waals surface area contributed by atoms with Crippen molar-refractivity contribution in [3.05, 3.63) is 23.9 Å². The number of pyridine rings is 1. The second kappa shape index (κ2) is 4.57. The molecule has 0 fully saturated rings. The average Bonchev–Trinajstić information content (AvgIpc) is 2.69. The Balaban J connectivity index is 2.32. The van der Waals surface area contributed by atoms with E-state index < -0.39 is 0 Å². The Morgan fingerprint density at radius 3 is 2.78 bits per heavy atom. The minimum atomic E-state index is -0.194. The molecule has 5 nitrogen and oxygen atoms in total. The number of aromatic nitrogens is 3. The van der Waals surface area contributed by atoms with Crippen molar-refractivity contribution >= 4 is 11.6 Å². The van der Waals surface area contributed by atoms with E-state index in [1.807, 2.05) is 25.3 Å². The van der Waals surface area contributed by atoms with E-state index >= 15 is 0 Å². The van der Waals surface area contributed by atoms with Gasteiger partial charge in [0.1, 0.15) is 0 Å². The van der Waals surface area contributed by atoms with Crippen LogP contribution in [0.15, 0.2) is 18.3 Å². The number of nitrogens with one attached hydrogen (secondary N) is 1. The van der Waals surface area contributed by atoms with E-state index in [-0.39, 0.29) is 5.54 Å². The lowest BCUT2D eigenvalue weighted by Gasteiger charge is -2.32. The molecular weight excluding hydrogens is 226 g/mol. The Morgan fingerprint density at radius 1 is 1.44 bits per heavy atom. The van der Waals surface area contributed by atoms with E-state index in [0.717, 1.165) is 11.2 Å². The molecule has 0 aliphatic carbocycles. The van der Waals surface area contributed by atoms with Crippen LogP contribution in [-0.4, -0.2) is 26.7 Å². The fourth-order valence-electron chi connectivity index (χ4n) is 1.73. The van der Waals surface area contributed by atoms with Crippen molar-refractivity contribution in [2.75, 3.05) is 11.9 Å². The summed E-state index contributed by atoms with van der Waals surface area (Å²) in [5, 5.41) is 7.77. The summed E-state index contributed by atoms with van der Waals surface area (Å²) in [4.78, 5) is 4.45. The second-order valence-corrected chi connectivity index (χ2v) is 5.35. The first-order chi connectivity index (χ1) is 8.44. The summed E-state index contributed by atoms with van der Waals surface area (Å²) < 4.78 is 1.79. The summed E-state index contributed by atoms with van der Waals surface area (Å²) >= 11 is 0. The van der Waals surface area contributed by atoms with Gasteiger partial charge in [-0.3, -0.25) is 0 Å². The zero-order valence-corrected chi connectivity index (χ0v) is 11.4. The number of rotatable bonds is 4. The Labute approximate surface area is 107 Å². The molecule has 2 aromatic rings. The largest absolute Gasteiger partial charge is 0.346 e. The monoisotopic (exact) mass is 247 g/mol. The van der Waals surface area contributed by atoms with Gasteiger partial charge in [-0.2, -0.15) is 4.98 Å². The van der Waals surface area contributed by atoms with Crippen LogP contribution in [-0.2, 0) is 0 Å². The predicted molar refractivity (Wildman–Crippen MR) is 73.6 cm³/mol. The zero-order valence-electron chi connectivity index (χ0n) is 11.4. The van der Waals surface area contributed by atoms with E-state index in [2.05, 4.69) is 36.2 Å². The number of nitrogens with zero attached hydrogens (tertiary/aromatic N) is 3. The number of hydrogen-bond donors (Lipinski definition) is 2. The smallest absolute Gasteiger partial charge is 0.243 e. The van der Waals surface area contributed by atoms with Gasteiger partial charge < -0.3 is 11.1 Å². The maximum absolute atomic E-state index is 5.85. The fraction of sp³-hybridized carbons (Fsp3) is 0.538. The lowest BCUT2D eigenvalue weighted by molar-refractivity contribution is 0.380. The molecule has 0 saturated heterocycles. The van der Waals surface area contributed by atoms with Gasteiger partial charge in [-0.05, 0) is 31.4 Å². The first kappa shape index (κ1) is 12.8. The molecule has 0 aliphatic heterocycles. The van der Waals surface area contributed by atoms with Crippen molar-refractivity contribution in [3.63, 3.8) is 0 Å². The van der Waals surface area contributed by atoms with Crippen molar-refractivity contribution < 1.29 is 0 Å². The lowest BCUT2D eigenvalue weighted by atomic mass is 9.89. The number of fused-ring (bicyclic) bond motifs is 1. The number of anilines is 1.